The molecule has 0 radical (unpaired) electrons. The third-order valence-corrected chi connectivity index (χ3v) is 3.33. The molecule has 0 aromatic heterocycles. The zero-order valence-electron chi connectivity index (χ0n) is 10.8. The van der Waals surface area contributed by atoms with Crippen molar-refractivity contribution in [2.75, 3.05) is 11.9 Å². The summed E-state index contributed by atoms with van der Waals surface area (Å²) in [6.07, 6.45) is 1.39. The second kappa shape index (κ2) is 5.50. The van der Waals surface area contributed by atoms with Crippen LogP contribution in [0.3, 0.4) is 0 Å². The predicted octanol–water partition coefficient (Wildman–Crippen LogP) is 1.91. The number of hydrogen-bond donors (Lipinski definition) is 2. The van der Waals surface area contributed by atoms with E-state index in [9.17, 15) is 9.90 Å². The van der Waals surface area contributed by atoms with Gasteiger partial charge in [-0.15, -0.1) is 0 Å². The molecule has 18 heavy (non-hydrogen) atoms. The molecule has 1 saturated heterocycles. The van der Waals surface area contributed by atoms with Crippen molar-refractivity contribution in [1.29, 1.82) is 0 Å². The van der Waals surface area contributed by atoms with Crippen molar-refractivity contribution >= 4 is 11.6 Å². The Morgan fingerprint density at radius 3 is 2.83 bits per heavy atom. The lowest BCUT2D eigenvalue weighted by atomic mass is 10.0. The topological polar surface area (TPSA) is 58.6 Å². The molecular formula is C14H19NO3. The third kappa shape index (κ3) is 2.71. The molecule has 0 spiro atoms. The summed E-state index contributed by atoms with van der Waals surface area (Å²) in [5, 5.41) is 12.1. The van der Waals surface area contributed by atoms with Crippen LogP contribution in [0.2, 0.25) is 0 Å². The molecule has 0 unspecified atom stereocenters. The van der Waals surface area contributed by atoms with Crippen LogP contribution in [0.5, 0.6) is 0 Å². The third-order valence-electron chi connectivity index (χ3n) is 3.33. The Bertz CT molecular complexity index is 451. The SMILES string of the molecule is Cc1cc(C)c(NC(=O)[C@@H]2CCCO2)cc1CO. The molecule has 2 rings (SSSR count). The van der Waals surface area contributed by atoms with Crippen LogP contribution in [-0.4, -0.2) is 23.7 Å². The van der Waals surface area contributed by atoms with E-state index in [2.05, 4.69) is 5.32 Å². The van der Waals surface area contributed by atoms with Crippen LogP contribution in [-0.2, 0) is 16.1 Å². The maximum Gasteiger partial charge on any atom is 0.253 e. The molecule has 4 heteroatoms. The van der Waals surface area contributed by atoms with Crippen molar-refractivity contribution in [3.8, 4) is 0 Å². The van der Waals surface area contributed by atoms with Crippen molar-refractivity contribution in [1.82, 2.24) is 0 Å². The van der Waals surface area contributed by atoms with Gasteiger partial charge in [-0.3, -0.25) is 4.79 Å². The number of aliphatic hydroxyl groups excluding tert-OH is 1. The van der Waals surface area contributed by atoms with Crippen molar-refractivity contribution in [2.45, 2.75) is 39.4 Å². The zero-order valence-corrected chi connectivity index (χ0v) is 10.8. The molecule has 1 aliphatic rings. The Balaban J connectivity index is 2.15. The largest absolute Gasteiger partial charge is 0.392 e. The molecule has 1 atom stereocenters. The number of hydrogen-bond acceptors (Lipinski definition) is 3. The molecule has 98 valence electrons. The fraction of sp³-hybridized carbons (Fsp3) is 0.500. The van der Waals surface area contributed by atoms with E-state index in [-0.39, 0.29) is 18.6 Å². The van der Waals surface area contributed by atoms with E-state index >= 15 is 0 Å². The maximum atomic E-state index is 12.0. The molecule has 0 saturated carbocycles. The van der Waals surface area contributed by atoms with Crippen molar-refractivity contribution in [3.05, 3.63) is 28.8 Å². The highest BCUT2D eigenvalue weighted by Gasteiger charge is 2.23. The van der Waals surface area contributed by atoms with E-state index in [1.807, 2.05) is 26.0 Å². The summed E-state index contributed by atoms with van der Waals surface area (Å²) < 4.78 is 5.35. The number of nitrogens with one attached hydrogen (secondary N) is 1. The van der Waals surface area contributed by atoms with Gasteiger partial charge in [0.2, 0.25) is 0 Å². The van der Waals surface area contributed by atoms with Gasteiger partial charge in [-0.1, -0.05) is 6.07 Å². The van der Waals surface area contributed by atoms with Crippen LogP contribution in [0.15, 0.2) is 12.1 Å². The Hall–Kier alpha value is -1.39. The lowest BCUT2D eigenvalue weighted by Gasteiger charge is -2.14. The van der Waals surface area contributed by atoms with Gasteiger partial charge in [0.15, 0.2) is 0 Å². The van der Waals surface area contributed by atoms with Gasteiger partial charge in [-0.2, -0.15) is 0 Å². The van der Waals surface area contributed by atoms with Crippen molar-refractivity contribution in [2.24, 2.45) is 0 Å². The second-order valence-corrected chi connectivity index (χ2v) is 4.74. The molecule has 2 N–H and O–H groups in total. The second-order valence-electron chi connectivity index (χ2n) is 4.74. The average molecular weight is 249 g/mol. The van der Waals surface area contributed by atoms with E-state index in [0.717, 1.165) is 35.2 Å². The number of ether oxygens (including phenoxy) is 1. The number of rotatable bonds is 3. The first-order chi connectivity index (χ1) is 8.61. The van der Waals surface area contributed by atoms with E-state index in [4.69, 9.17) is 4.74 Å². The number of carbonyl (C=O) groups is 1. The lowest BCUT2D eigenvalue weighted by molar-refractivity contribution is -0.124. The van der Waals surface area contributed by atoms with Gasteiger partial charge in [-0.05, 0) is 49.4 Å². The van der Waals surface area contributed by atoms with Crippen LogP contribution < -0.4 is 5.32 Å². The first-order valence-corrected chi connectivity index (χ1v) is 6.25. The summed E-state index contributed by atoms with van der Waals surface area (Å²) in [5.74, 6) is -0.0941. The summed E-state index contributed by atoms with van der Waals surface area (Å²) >= 11 is 0. The van der Waals surface area contributed by atoms with Crippen molar-refractivity contribution < 1.29 is 14.6 Å². The summed E-state index contributed by atoms with van der Waals surface area (Å²) in [6, 6.07) is 3.80. The monoisotopic (exact) mass is 249 g/mol. The molecule has 1 aliphatic heterocycles. The van der Waals surface area contributed by atoms with E-state index in [1.54, 1.807) is 0 Å². The van der Waals surface area contributed by atoms with Gasteiger partial charge >= 0.3 is 0 Å². The summed E-state index contributed by atoms with van der Waals surface area (Å²) in [7, 11) is 0. The molecule has 1 aromatic rings. The number of aryl methyl sites for hydroxylation is 2. The summed E-state index contributed by atoms with van der Waals surface area (Å²) in [5.41, 5.74) is 3.62. The average Bonchev–Trinajstić information content (AvgIpc) is 2.86. The van der Waals surface area contributed by atoms with E-state index in [1.165, 1.54) is 0 Å². The smallest absolute Gasteiger partial charge is 0.253 e. The molecule has 0 bridgehead atoms. The van der Waals surface area contributed by atoms with E-state index < -0.39 is 0 Å². The fourth-order valence-corrected chi connectivity index (χ4v) is 2.20. The molecular weight excluding hydrogens is 230 g/mol. The maximum absolute atomic E-state index is 12.0. The normalized spacial score (nSPS) is 18.9. The minimum atomic E-state index is -0.330. The van der Waals surface area contributed by atoms with Crippen LogP contribution in [0.25, 0.3) is 0 Å². The quantitative estimate of drug-likeness (QED) is 0.860. The molecule has 1 heterocycles. The minimum Gasteiger partial charge on any atom is -0.392 e. The minimum absolute atomic E-state index is 0.0189. The highest BCUT2D eigenvalue weighted by atomic mass is 16.5. The van der Waals surface area contributed by atoms with Gasteiger partial charge in [0, 0.05) is 12.3 Å². The number of carbonyl (C=O) groups excluding carboxylic acids is 1. The first-order valence-electron chi connectivity index (χ1n) is 6.25. The molecule has 1 fully saturated rings. The lowest BCUT2D eigenvalue weighted by Crippen LogP contribution is -2.27. The molecule has 0 aliphatic carbocycles. The highest BCUT2D eigenvalue weighted by molar-refractivity contribution is 5.95. The van der Waals surface area contributed by atoms with Gasteiger partial charge in [-0.25, -0.2) is 0 Å². The Morgan fingerprint density at radius 1 is 1.44 bits per heavy atom. The number of amides is 1. The summed E-state index contributed by atoms with van der Waals surface area (Å²) in [4.78, 5) is 12.0. The van der Waals surface area contributed by atoms with E-state index in [0.29, 0.717) is 6.61 Å². The van der Waals surface area contributed by atoms with Crippen LogP contribution >= 0.6 is 0 Å². The highest BCUT2D eigenvalue weighted by Crippen LogP contribution is 2.22. The fourth-order valence-electron chi connectivity index (χ4n) is 2.20. The number of anilines is 1. The van der Waals surface area contributed by atoms with Gasteiger partial charge < -0.3 is 15.2 Å². The zero-order chi connectivity index (χ0) is 13.1. The van der Waals surface area contributed by atoms with Crippen LogP contribution in [0.1, 0.15) is 29.5 Å². The standard InChI is InChI=1S/C14H19NO3/c1-9-6-10(2)12(7-11(9)8-16)15-14(17)13-4-3-5-18-13/h6-7,13,16H,3-5,8H2,1-2H3,(H,15,17)/t13-/m0/s1. The molecule has 4 nitrogen and oxygen atoms in total. The van der Waals surface area contributed by atoms with Gasteiger partial charge in [0.05, 0.1) is 6.61 Å². The Kier molecular flexibility index (Phi) is 3.99. The van der Waals surface area contributed by atoms with Crippen molar-refractivity contribution in [3.63, 3.8) is 0 Å². The summed E-state index contributed by atoms with van der Waals surface area (Å²) in [6.45, 7) is 4.53. The molecule has 1 amide bonds. The Labute approximate surface area is 107 Å². The molecule has 1 aromatic carbocycles. The first kappa shape index (κ1) is 13.1. The van der Waals surface area contributed by atoms with Gasteiger partial charge in [0.25, 0.3) is 5.91 Å². The van der Waals surface area contributed by atoms with Crippen LogP contribution in [0.4, 0.5) is 5.69 Å². The van der Waals surface area contributed by atoms with Crippen LogP contribution in [0, 0.1) is 13.8 Å². The Morgan fingerprint density at radius 2 is 2.22 bits per heavy atom. The number of aliphatic hydroxyl groups is 1. The van der Waals surface area contributed by atoms with Gasteiger partial charge in [0.1, 0.15) is 6.10 Å². The number of benzene rings is 1. The predicted molar refractivity (Wildman–Crippen MR) is 69.4 cm³/mol.